The summed E-state index contributed by atoms with van der Waals surface area (Å²) in [5.74, 6) is -12.6. The molecule has 0 aliphatic carbocycles. The summed E-state index contributed by atoms with van der Waals surface area (Å²) >= 11 is 0. The molecule has 2 nitrogen and oxygen atoms in total. The maximum absolute atomic E-state index is 13.4. The number of carbonyl (C=O) groups excluding carboxylic acids is 1. The molecule has 0 aliphatic rings. The van der Waals surface area contributed by atoms with Gasteiger partial charge in [-0.25, -0.2) is 26.7 Å². The lowest BCUT2D eigenvalue weighted by Crippen LogP contribution is -2.23. The van der Waals surface area contributed by atoms with Crippen molar-refractivity contribution in [2.24, 2.45) is 5.41 Å². The van der Waals surface area contributed by atoms with Crippen LogP contribution in [0.15, 0.2) is 0 Å². The molecule has 0 amide bonds. The molecule has 0 N–H and O–H groups in total. The van der Waals surface area contributed by atoms with E-state index in [1.54, 1.807) is 0 Å². The van der Waals surface area contributed by atoms with Crippen molar-refractivity contribution in [3.63, 3.8) is 0 Å². The van der Waals surface area contributed by atoms with Crippen LogP contribution in [0.1, 0.15) is 44.5 Å². The molecule has 1 unspecified atom stereocenters. The Kier molecular flexibility index (Phi) is 4.96. The first kappa shape index (κ1) is 17.4. The van der Waals surface area contributed by atoms with E-state index < -0.39 is 46.7 Å². The van der Waals surface area contributed by atoms with Gasteiger partial charge in [-0.3, -0.25) is 0 Å². The Hall–Kier alpha value is -1.66. The van der Waals surface area contributed by atoms with Crippen LogP contribution in [-0.2, 0) is 4.74 Å². The number of ether oxygens (including phenoxy) is 1. The van der Waals surface area contributed by atoms with Crippen molar-refractivity contribution in [2.75, 3.05) is 0 Å². The first-order chi connectivity index (χ1) is 9.45. The van der Waals surface area contributed by atoms with Crippen LogP contribution in [0.4, 0.5) is 22.0 Å². The van der Waals surface area contributed by atoms with Gasteiger partial charge in [0.1, 0.15) is 5.56 Å². The van der Waals surface area contributed by atoms with E-state index in [1.165, 1.54) is 6.92 Å². The smallest absolute Gasteiger partial charge is 0.344 e. The first-order valence-electron chi connectivity index (χ1n) is 6.18. The standard InChI is InChI=1S/C14H15F5O2/c1-6(5-14(2,3)4)21-13(20)7-8(15)10(17)12(19)11(18)9(7)16/h6H,5H2,1-4H3. The van der Waals surface area contributed by atoms with Gasteiger partial charge < -0.3 is 4.74 Å². The van der Waals surface area contributed by atoms with Gasteiger partial charge in [0, 0.05) is 0 Å². The topological polar surface area (TPSA) is 26.3 Å². The van der Waals surface area contributed by atoms with E-state index in [4.69, 9.17) is 4.74 Å². The molecule has 1 aromatic rings. The monoisotopic (exact) mass is 310 g/mol. The van der Waals surface area contributed by atoms with Crippen molar-refractivity contribution in [1.29, 1.82) is 0 Å². The lowest BCUT2D eigenvalue weighted by Gasteiger charge is -2.23. The summed E-state index contributed by atoms with van der Waals surface area (Å²) in [7, 11) is 0. The molecule has 0 radical (unpaired) electrons. The zero-order valence-electron chi connectivity index (χ0n) is 12.0. The van der Waals surface area contributed by atoms with Crippen molar-refractivity contribution in [1.82, 2.24) is 0 Å². The van der Waals surface area contributed by atoms with Crippen LogP contribution in [0.25, 0.3) is 0 Å². The summed E-state index contributed by atoms with van der Waals surface area (Å²) in [6, 6.07) is 0. The Labute approximate surface area is 118 Å². The summed E-state index contributed by atoms with van der Waals surface area (Å²) < 4.78 is 70.5. The summed E-state index contributed by atoms with van der Waals surface area (Å²) in [4.78, 5) is 11.6. The highest BCUT2D eigenvalue weighted by Crippen LogP contribution is 2.26. The van der Waals surface area contributed by atoms with Gasteiger partial charge in [-0.05, 0) is 18.8 Å². The predicted octanol–water partition coefficient (Wildman–Crippen LogP) is 4.36. The van der Waals surface area contributed by atoms with Gasteiger partial charge in [0.25, 0.3) is 0 Å². The lowest BCUT2D eigenvalue weighted by atomic mass is 9.90. The Morgan fingerprint density at radius 3 is 1.71 bits per heavy atom. The van der Waals surface area contributed by atoms with Crippen molar-refractivity contribution < 1.29 is 31.5 Å². The van der Waals surface area contributed by atoms with Crippen LogP contribution in [0.5, 0.6) is 0 Å². The molecule has 0 bridgehead atoms. The predicted molar refractivity (Wildman–Crippen MR) is 65.2 cm³/mol. The van der Waals surface area contributed by atoms with E-state index in [0.29, 0.717) is 6.42 Å². The van der Waals surface area contributed by atoms with Crippen LogP contribution < -0.4 is 0 Å². The highest BCUT2D eigenvalue weighted by Gasteiger charge is 2.31. The molecule has 0 saturated carbocycles. The SMILES string of the molecule is CC(CC(C)(C)C)OC(=O)c1c(F)c(F)c(F)c(F)c1F. The van der Waals surface area contributed by atoms with Gasteiger partial charge in [0.2, 0.25) is 5.82 Å². The molecule has 1 atom stereocenters. The quantitative estimate of drug-likeness (QED) is 0.359. The fraction of sp³-hybridized carbons (Fsp3) is 0.500. The van der Waals surface area contributed by atoms with Crippen LogP contribution in [0, 0.1) is 34.5 Å². The van der Waals surface area contributed by atoms with Crippen LogP contribution in [0.3, 0.4) is 0 Å². The summed E-state index contributed by atoms with van der Waals surface area (Å²) in [5.41, 5.74) is -1.82. The molecule has 7 heteroatoms. The molecule has 0 spiro atoms. The molecule has 1 aromatic carbocycles. The molecule has 0 fully saturated rings. The third kappa shape index (κ3) is 3.92. The summed E-state index contributed by atoms with van der Waals surface area (Å²) in [6.45, 7) is 7.00. The number of hydrogen-bond donors (Lipinski definition) is 0. The molecule has 0 heterocycles. The van der Waals surface area contributed by atoms with Gasteiger partial charge in [-0.1, -0.05) is 20.8 Å². The summed E-state index contributed by atoms with van der Waals surface area (Å²) in [5, 5.41) is 0. The number of hydrogen-bond acceptors (Lipinski definition) is 2. The number of benzene rings is 1. The van der Waals surface area contributed by atoms with Gasteiger partial charge in [0.05, 0.1) is 6.10 Å². The minimum atomic E-state index is -2.32. The van der Waals surface area contributed by atoms with Crippen LogP contribution in [0.2, 0.25) is 0 Å². The van der Waals surface area contributed by atoms with Crippen LogP contribution >= 0.6 is 0 Å². The van der Waals surface area contributed by atoms with Crippen LogP contribution in [-0.4, -0.2) is 12.1 Å². The van der Waals surface area contributed by atoms with E-state index in [-0.39, 0.29) is 5.41 Å². The molecule has 1 rings (SSSR count). The lowest BCUT2D eigenvalue weighted by molar-refractivity contribution is 0.0240. The van der Waals surface area contributed by atoms with Crippen molar-refractivity contribution >= 4 is 5.97 Å². The van der Waals surface area contributed by atoms with Crippen molar-refractivity contribution in [3.8, 4) is 0 Å². The van der Waals surface area contributed by atoms with E-state index in [0.717, 1.165) is 0 Å². The number of carbonyl (C=O) groups is 1. The Morgan fingerprint density at radius 2 is 1.33 bits per heavy atom. The molecule has 0 aliphatic heterocycles. The van der Waals surface area contributed by atoms with Crippen molar-refractivity contribution in [2.45, 2.75) is 40.2 Å². The van der Waals surface area contributed by atoms with E-state index in [9.17, 15) is 26.7 Å². The second-order valence-electron chi connectivity index (χ2n) is 5.93. The minimum absolute atomic E-state index is 0.240. The number of esters is 1. The Morgan fingerprint density at radius 1 is 0.952 bits per heavy atom. The fourth-order valence-corrected chi connectivity index (χ4v) is 1.93. The number of halogens is 5. The highest BCUT2D eigenvalue weighted by atomic mass is 19.2. The molecule has 21 heavy (non-hydrogen) atoms. The fourth-order valence-electron chi connectivity index (χ4n) is 1.93. The van der Waals surface area contributed by atoms with Gasteiger partial charge in [0.15, 0.2) is 23.3 Å². The van der Waals surface area contributed by atoms with Gasteiger partial charge in [-0.2, -0.15) is 0 Å². The zero-order chi connectivity index (χ0) is 16.5. The zero-order valence-corrected chi connectivity index (χ0v) is 12.0. The minimum Gasteiger partial charge on any atom is -0.459 e. The third-order valence-electron chi connectivity index (χ3n) is 2.62. The van der Waals surface area contributed by atoms with Gasteiger partial charge in [-0.15, -0.1) is 0 Å². The first-order valence-corrected chi connectivity index (χ1v) is 6.18. The summed E-state index contributed by atoms with van der Waals surface area (Å²) in [6.07, 6.45) is -0.388. The van der Waals surface area contributed by atoms with Crippen molar-refractivity contribution in [3.05, 3.63) is 34.6 Å². The second kappa shape index (κ2) is 5.99. The van der Waals surface area contributed by atoms with Gasteiger partial charge >= 0.3 is 5.97 Å². The second-order valence-corrected chi connectivity index (χ2v) is 5.93. The maximum atomic E-state index is 13.4. The average Bonchev–Trinajstić information content (AvgIpc) is 2.31. The molecule has 0 saturated heterocycles. The molecular weight excluding hydrogens is 295 g/mol. The Bertz CT molecular complexity index is 534. The maximum Gasteiger partial charge on any atom is 0.344 e. The Balaban J connectivity index is 3.09. The van der Waals surface area contributed by atoms with E-state index in [2.05, 4.69) is 0 Å². The average molecular weight is 310 g/mol. The number of rotatable bonds is 3. The molecule has 0 aromatic heterocycles. The largest absolute Gasteiger partial charge is 0.459 e. The third-order valence-corrected chi connectivity index (χ3v) is 2.62. The van der Waals surface area contributed by atoms with E-state index >= 15 is 0 Å². The van der Waals surface area contributed by atoms with E-state index in [1.807, 2.05) is 20.8 Å². The molecule has 118 valence electrons. The normalized spacial score (nSPS) is 13.2. The molecular formula is C14H15F5O2. The highest BCUT2D eigenvalue weighted by molar-refractivity contribution is 5.90.